The van der Waals surface area contributed by atoms with Crippen LogP contribution in [0.4, 0.5) is 8.78 Å². The second-order valence-electron chi connectivity index (χ2n) is 8.36. The molecule has 5 nitrogen and oxygen atoms in total. The molecule has 1 saturated heterocycles. The number of nitrogens with one attached hydrogen (secondary N) is 1. The topological polar surface area (TPSA) is 65.5 Å². The predicted molar refractivity (Wildman–Crippen MR) is 117 cm³/mol. The van der Waals surface area contributed by atoms with Gasteiger partial charge in [0.25, 0.3) is 5.91 Å². The molecule has 0 bridgehead atoms. The Balaban J connectivity index is 1.69. The second kappa shape index (κ2) is 9.14. The Hall–Kier alpha value is -3.16. The zero-order chi connectivity index (χ0) is 22.7. The maximum absolute atomic E-state index is 14.3. The van der Waals surface area contributed by atoms with Crippen molar-refractivity contribution < 1.29 is 18.7 Å². The number of amides is 1. The number of aliphatic hydroxyl groups is 1. The number of rotatable bonds is 5. The van der Waals surface area contributed by atoms with Crippen molar-refractivity contribution in [3.05, 3.63) is 101 Å². The number of halogens is 2. The lowest BCUT2D eigenvalue weighted by molar-refractivity contribution is -0.0667. The molecule has 0 spiro atoms. The van der Waals surface area contributed by atoms with Crippen LogP contribution in [0.15, 0.2) is 73.1 Å². The number of piperidine rings is 1. The molecule has 2 aromatic carbocycles. The van der Waals surface area contributed by atoms with E-state index in [9.17, 15) is 18.7 Å². The number of pyridine rings is 1. The first-order valence-corrected chi connectivity index (χ1v) is 10.5. The SMILES string of the molecule is C[C@@]1(O)CCN(Cc2ccncc2F)[C@@H](c2ccccc2)[C@@H]1NC(=O)c1ccc(F)cc1. The summed E-state index contributed by atoms with van der Waals surface area (Å²) in [6.07, 6.45) is 3.11. The van der Waals surface area contributed by atoms with Crippen LogP contribution in [0, 0.1) is 11.6 Å². The van der Waals surface area contributed by atoms with Gasteiger partial charge in [0.2, 0.25) is 0 Å². The Morgan fingerprint density at radius 2 is 1.88 bits per heavy atom. The summed E-state index contributed by atoms with van der Waals surface area (Å²) in [6, 6.07) is 15.3. The quantitative estimate of drug-likeness (QED) is 0.636. The molecule has 1 fully saturated rings. The molecule has 2 heterocycles. The van der Waals surface area contributed by atoms with E-state index in [4.69, 9.17) is 0 Å². The number of nitrogens with zero attached hydrogens (tertiary/aromatic N) is 2. The third-order valence-electron chi connectivity index (χ3n) is 6.05. The van der Waals surface area contributed by atoms with E-state index in [1.54, 1.807) is 19.2 Å². The molecule has 4 rings (SSSR count). The van der Waals surface area contributed by atoms with E-state index in [0.29, 0.717) is 30.6 Å². The molecule has 0 saturated carbocycles. The maximum atomic E-state index is 14.3. The largest absolute Gasteiger partial charge is 0.388 e. The van der Waals surface area contributed by atoms with Gasteiger partial charge in [-0.3, -0.25) is 14.7 Å². The van der Waals surface area contributed by atoms with Crippen molar-refractivity contribution in [2.24, 2.45) is 0 Å². The molecule has 0 radical (unpaired) electrons. The van der Waals surface area contributed by atoms with Crippen molar-refractivity contribution in [2.75, 3.05) is 6.54 Å². The molecule has 3 atom stereocenters. The lowest BCUT2D eigenvalue weighted by Gasteiger charge is -2.49. The molecule has 1 aliphatic heterocycles. The number of hydrogen-bond donors (Lipinski definition) is 2. The highest BCUT2D eigenvalue weighted by Crippen LogP contribution is 2.38. The van der Waals surface area contributed by atoms with Crippen LogP contribution in [0.3, 0.4) is 0 Å². The van der Waals surface area contributed by atoms with Crippen LogP contribution in [0.25, 0.3) is 0 Å². The van der Waals surface area contributed by atoms with Crippen molar-refractivity contribution in [1.82, 2.24) is 15.2 Å². The average Bonchev–Trinajstić information content (AvgIpc) is 2.78. The Labute approximate surface area is 185 Å². The molecule has 2 N–H and O–H groups in total. The van der Waals surface area contributed by atoms with Crippen LogP contribution in [0.1, 0.15) is 40.9 Å². The fraction of sp³-hybridized carbons (Fsp3) is 0.280. The summed E-state index contributed by atoms with van der Waals surface area (Å²) in [5.74, 6) is -1.24. The van der Waals surface area contributed by atoms with Crippen LogP contribution in [0.2, 0.25) is 0 Å². The van der Waals surface area contributed by atoms with Crippen LogP contribution in [-0.2, 0) is 6.54 Å². The normalized spacial score (nSPS) is 23.6. The van der Waals surface area contributed by atoms with Gasteiger partial charge < -0.3 is 10.4 Å². The number of carbonyl (C=O) groups excluding carboxylic acids is 1. The summed E-state index contributed by atoms with van der Waals surface area (Å²) >= 11 is 0. The Bertz CT molecular complexity index is 1070. The highest BCUT2D eigenvalue weighted by Gasteiger charge is 2.46. The molecule has 0 aliphatic carbocycles. The van der Waals surface area contributed by atoms with Gasteiger partial charge in [-0.25, -0.2) is 8.78 Å². The summed E-state index contributed by atoms with van der Waals surface area (Å²) in [6.45, 7) is 2.51. The monoisotopic (exact) mass is 437 g/mol. The summed E-state index contributed by atoms with van der Waals surface area (Å²) in [5, 5.41) is 14.2. The Kier molecular flexibility index (Phi) is 6.30. The molecule has 166 valence electrons. The number of likely N-dealkylation sites (tertiary alicyclic amines) is 1. The summed E-state index contributed by atoms with van der Waals surface area (Å²) in [7, 11) is 0. The molecule has 7 heteroatoms. The van der Waals surface area contributed by atoms with E-state index < -0.39 is 35.2 Å². The lowest BCUT2D eigenvalue weighted by Crippen LogP contribution is -2.62. The Morgan fingerprint density at radius 1 is 1.16 bits per heavy atom. The third-order valence-corrected chi connectivity index (χ3v) is 6.05. The van der Waals surface area contributed by atoms with Gasteiger partial charge in [-0.1, -0.05) is 30.3 Å². The highest BCUT2D eigenvalue weighted by atomic mass is 19.1. The molecule has 0 unspecified atom stereocenters. The van der Waals surface area contributed by atoms with Gasteiger partial charge in [0.05, 0.1) is 23.9 Å². The minimum Gasteiger partial charge on any atom is -0.388 e. The summed E-state index contributed by atoms with van der Waals surface area (Å²) in [4.78, 5) is 18.8. The van der Waals surface area contributed by atoms with Crippen molar-refractivity contribution in [3.8, 4) is 0 Å². The molecule has 32 heavy (non-hydrogen) atoms. The Morgan fingerprint density at radius 3 is 2.56 bits per heavy atom. The second-order valence-corrected chi connectivity index (χ2v) is 8.36. The first kappa shape index (κ1) is 22.0. The van der Waals surface area contributed by atoms with Gasteiger partial charge in [0, 0.05) is 30.4 Å². The first-order valence-electron chi connectivity index (χ1n) is 10.5. The number of hydrogen-bond acceptors (Lipinski definition) is 4. The van der Waals surface area contributed by atoms with E-state index in [1.807, 2.05) is 30.3 Å². The lowest BCUT2D eigenvalue weighted by atomic mass is 9.79. The van der Waals surface area contributed by atoms with Crippen molar-refractivity contribution in [3.63, 3.8) is 0 Å². The molecule has 1 aromatic heterocycles. The van der Waals surface area contributed by atoms with E-state index >= 15 is 0 Å². The van der Waals surface area contributed by atoms with Crippen molar-refractivity contribution >= 4 is 5.91 Å². The zero-order valence-electron chi connectivity index (χ0n) is 17.7. The minimum absolute atomic E-state index is 0.298. The first-order chi connectivity index (χ1) is 15.3. The summed E-state index contributed by atoms with van der Waals surface area (Å²) in [5.41, 5.74) is 0.479. The molecular formula is C25H25F2N3O2. The molecule has 3 aromatic rings. The van der Waals surface area contributed by atoms with Gasteiger partial charge in [-0.2, -0.15) is 0 Å². The fourth-order valence-electron chi connectivity index (χ4n) is 4.26. The number of aromatic nitrogens is 1. The van der Waals surface area contributed by atoms with E-state index in [2.05, 4.69) is 15.2 Å². The van der Waals surface area contributed by atoms with Crippen LogP contribution in [-0.4, -0.2) is 39.1 Å². The maximum Gasteiger partial charge on any atom is 0.251 e. The predicted octanol–water partition coefficient (Wildman–Crippen LogP) is 3.86. The van der Waals surface area contributed by atoms with Crippen LogP contribution < -0.4 is 5.32 Å². The van der Waals surface area contributed by atoms with Crippen molar-refractivity contribution in [1.29, 1.82) is 0 Å². The van der Waals surface area contributed by atoms with Gasteiger partial charge >= 0.3 is 0 Å². The van der Waals surface area contributed by atoms with Crippen molar-refractivity contribution in [2.45, 2.75) is 37.6 Å². The highest BCUT2D eigenvalue weighted by molar-refractivity contribution is 5.94. The van der Waals surface area contributed by atoms with Crippen LogP contribution in [0.5, 0.6) is 0 Å². The molecular weight excluding hydrogens is 412 g/mol. The molecule has 1 amide bonds. The fourth-order valence-corrected chi connectivity index (χ4v) is 4.26. The van der Waals surface area contributed by atoms with Gasteiger partial charge in [0.1, 0.15) is 11.6 Å². The zero-order valence-corrected chi connectivity index (χ0v) is 17.7. The molecule has 1 aliphatic rings. The van der Waals surface area contributed by atoms with E-state index in [1.165, 1.54) is 30.5 Å². The van der Waals surface area contributed by atoms with Crippen LogP contribution >= 0.6 is 0 Å². The number of benzene rings is 2. The third kappa shape index (κ3) is 4.69. The van der Waals surface area contributed by atoms with Gasteiger partial charge in [-0.15, -0.1) is 0 Å². The van der Waals surface area contributed by atoms with E-state index in [-0.39, 0.29) is 0 Å². The summed E-state index contributed by atoms with van der Waals surface area (Å²) < 4.78 is 27.6. The van der Waals surface area contributed by atoms with E-state index in [0.717, 1.165) is 5.56 Å². The number of carbonyl (C=O) groups is 1. The van der Waals surface area contributed by atoms with Gasteiger partial charge in [0.15, 0.2) is 0 Å². The standard InChI is InChI=1S/C25H25F2N3O2/c1-25(32)12-14-30(16-19-11-13-28-15-21(19)27)22(17-5-3-2-4-6-17)23(25)29-24(31)18-7-9-20(26)10-8-18/h2-11,13,15,22-23,32H,12,14,16H2,1H3,(H,29,31)/t22-,23-,25+/m0/s1. The average molecular weight is 437 g/mol. The minimum atomic E-state index is -1.20. The smallest absolute Gasteiger partial charge is 0.251 e. The van der Waals surface area contributed by atoms with Gasteiger partial charge in [-0.05, 0) is 49.2 Å².